The van der Waals surface area contributed by atoms with Gasteiger partial charge in [-0.3, -0.25) is 0 Å². The highest BCUT2D eigenvalue weighted by molar-refractivity contribution is 5.74. The van der Waals surface area contributed by atoms with E-state index in [9.17, 15) is 9.18 Å². The van der Waals surface area contributed by atoms with Crippen molar-refractivity contribution >= 4 is 6.03 Å². The number of rotatable bonds is 10. The molecule has 1 saturated carbocycles. The lowest BCUT2D eigenvalue weighted by Crippen LogP contribution is -2.41. The minimum atomic E-state index is -0.310. The molecule has 3 aromatic rings. The molecule has 0 saturated heterocycles. The van der Waals surface area contributed by atoms with Gasteiger partial charge in [0.2, 0.25) is 5.88 Å². The summed E-state index contributed by atoms with van der Waals surface area (Å²) in [5.74, 6) is 1.46. The molecule has 0 bridgehead atoms. The molecule has 0 aliphatic heterocycles. The van der Waals surface area contributed by atoms with Gasteiger partial charge < -0.3 is 15.0 Å². The van der Waals surface area contributed by atoms with E-state index in [4.69, 9.17) is 9.84 Å². The Balaban J connectivity index is 1.74. The van der Waals surface area contributed by atoms with Gasteiger partial charge in [-0.2, -0.15) is 5.10 Å². The zero-order chi connectivity index (χ0) is 23.2. The van der Waals surface area contributed by atoms with Gasteiger partial charge in [-0.25, -0.2) is 13.9 Å². The van der Waals surface area contributed by atoms with Gasteiger partial charge >= 0.3 is 6.03 Å². The Morgan fingerprint density at radius 1 is 1.15 bits per heavy atom. The van der Waals surface area contributed by atoms with Crippen LogP contribution < -0.4 is 10.1 Å². The van der Waals surface area contributed by atoms with Crippen LogP contribution in [0, 0.1) is 11.7 Å². The Labute approximate surface area is 194 Å². The fraction of sp³-hybridized carbons (Fsp3) is 0.385. The Kier molecular flexibility index (Phi) is 7.27. The number of ether oxygens (including phenoxy) is 1. The van der Waals surface area contributed by atoms with Crippen molar-refractivity contribution < 1.29 is 13.9 Å². The van der Waals surface area contributed by atoms with Crippen molar-refractivity contribution in [2.24, 2.45) is 5.92 Å². The van der Waals surface area contributed by atoms with Gasteiger partial charge in [-0.15, -0.1) is 0 Å². The number of halogens is 1. The molecule has 7 heteroatoms. The molecule has 2 amide bonds. The first-order chi connectivity index (χ1) is 16.1. The minimum Gasteiger partial charge on any atom is -0.439 e. The maximum atomic E-state index is 13.6. The van der Waals surface area contributed by atoms with E-state index in [0.717, 1.165) is 30.5 Å². The topological polar surface area (TPSA) is 59.4 Å². The normalized spacial score (nSPS) is 13.1. The Hall–Kier alpha value is -3.35. The first-order valence-electron chi connectivity index (χ1n) is 11.7. The monoisotopic (exact) mass is 450 g/mol. The Morgan fingerprint density at radius 3 is 2.52 bits per heavy atom. The lowest BCUT2D eigenvalue weighted by Gasteiger charge is -2.24. The van der Waals surface area contributed by atoms with Crippen LogP contribution in [-0.4, -0.2) is 33.8 Å². The van der Waals surface area contributed by atoms with E-state index in [1.54, 1.807) is 16.8 Å². The number of nitrogens with one attached hydrogen (secondary N) is 1. The lowest BCUT2D eigenvalue weighted by atomic mass is 10.1. The number of hydrogen-bond acceptors (Lipinski definition) is 3. The average Bonchev–Trinajstić information content (AvgIpc) is 3.60. The van der Waals surface area contributed by atoms with Gasteiger partial charge in [0.25, 0.3) is 0 Å². The summed E-state index contributed by atoms with van der Waals surface area (Å²) in [4.78, 5) is 14.8. The third-order valence-electron chi connectivity index (χ3n) is 5.72. The molecular weight excluding hydrogens is 419 g/mol. The maximum absolute atomic E-state index is 13.6. The first kappa shape index (κ1) is 22.8. The summed E-state index contributed by atoms with van der Waals surface area (Å²) in [6.07, 6.45) is 3.87. The molecule has 33 heavy (non-hydrogen) atoms. The number of urea groups is 1. The number of para-hydroxylation sites is 1. The van der Waals surface area contributed by atoms with Crippen LogP contribution in [0.15, 0.2) is 54.6 Å². The largest absolute Gasteiger partial charge is 0.439 e. The van der Waals surface area contributed by atoms with Gasteiger partial charge in [-0.05, 0) is 68.0 Å². The van der Waals surface area contributed by atoms with Crippen LogP contribution in [0.4, 0.5) is 9.18 Å². The number of hydrogen-bond donors (Lipinski definition) is 1. The fourth-order valence-electron chi connectivity index (χ4n) is 3.75. The van der Waals surface area contributed by atoms with Crippen LogP contribution in [0.1, 0.15) is 44.4 Å². The Bertz CT molecular complexity index is 1060. The van der Waals surface area contributed by atoms with Crippen molar-refractivity contribution in [3.8, 4) is 17.3 Å². The highest BCUT2D eigenvalue weighted by atomic mass is 19.1. The van der Waals surface area contributed by atoms with Crippen molar-refractivity contribution in [3.05, 3.63) is 71.7 Å². The smallest absolute Gasteiger partial charge is 0.317 e. The number of carbonyl (C=O) groups is 1. The number of amides is 2. The molecule has 1 aliphatic rings. The Morgan fingerprint density at radius 2 is 1.88 bits per heavy atom. The number of nitrogens with zero attached hydrogens (tertiary/aromatic N) is 3. The summed E-state index contributed by atoms with van der Waals surface area (Å²) in [7, 11) is 0. The zero-order valence-electron chi connectivity index (χ0n) is 19.3. The van der Waals surface area contributed by atoms with E-state index < -0.39 is 0 Å². The number of aryl methyl sites for hydroxylation is 1. The predicted octanol–water partition coefficient (Wildman–Crippen LogP) is 5.70. The molecular formula is C26H31FN4O2. The van der Waals surface area contributed by atoms with E-state index in [2.05, 4.69) is 5.32 Å². The summed E-state index contributed by atoms with van der Waals surface area (Å²) in [6, 6.07) is 15.6. The molecule has 1 aliphatic carbocycles. The second-order valence-corrected chi connectivity index (χ2v) is 8.44. The second-order valence-electron chi connectivity index (χ2n) is 8.44. The van der Waals surface area contributed by atoms with Crippen molar-refractivity contribution in [1.82, 2.24) is 20.0 Å². The van der Waals surface area contributed by atoms with E-state index >= 15 is 0 Å². The van der Waals surface area contributed by atoms with Crippen LogP contribution in [0.5, 0.6) is 11.6 Å². The van der Waals surface area contributed by atoms with E-state index in [1.807, 2.05) is 49.1 Å². The van der Waals surface area contributed by atoms with E-state index in [-0.39, 0.29) is 11.8 Å². The van der Waals surface area contributed by atoms with Gasteiger partial charge in [-0.1, -0.05) is 32.0 Å². The molecule has 1 heterocycles. The highest BCUT2D eigenvalue weighted by Gasteiger charge is 2.30. The summed E-state index contributed by atoms with van der Waals surface area (Å²) < 4.78 is 21.6. The van der Waals surface area contributed by atoms with Crippen LogP contribution >= 0.6 is 0 Å². The van der Waals surface area contributed by atoms with E-state index in [0.29, 0.717) is 49.3 Å². The van der Waals surface area contributed by atoms with Crippen molar-refractivity contribution in [2.45, 2.75) is 46.1 Å². The molecule has 0 radical (unpaired) electrons. The molecule has 4 rings (SSSR count). The first-order valence-corrected chi connectivity index (χ1v) is 11.7. The summed E-state index contributed by atoms with van der Waals surface area (Å²) in [5, 5.41) is 7.82. The van der Waals surface area contributed by atoms with Crippen LogP contribution in [-0.2, 0) is 13.0 Å². The molecule has 6 nitrogen and oxygen atoms in total. The van der Waals surface area contributed by atoms with Gasteiger partial charge in [0.05, 0.1) is 23.5 Å². The third-order valence-corrected chi connectivity index (χ3v) is 5.72. The van der Waals surface area contributed by atoms with Gasteiger partial charge in [0.15, 0.2) is 0 Å². The lowest BCUT2D eigenvalue weighted by molar-refractivity contribution is 0.192. The molecule has 1 fully saturated rings. The number of benzene rings is 2. The summed E-state index contributed by atoms with van der Waals surface area (Å²) in [5.41, 5.74) is 2.43. The fourth-order valence-corrected chi connectivity index (χ4v) is 3.75. The molecule has 1 aromatic heterocycles. The number of carbonyl (C=O) groups excluding carboxylic acids is 1. The molecule has 1 N–H and O–H groups in total. The standard InChI is InChI=1S/C26H31FN4O2/c1-3-16-28-26(32)30(17-19-10-11-19)18-23-24(4-2)29-31(21-14-12-20(27)13-15-21)25(23)33-22-8-6-5-7-9-22/h5-9,12-15,19H,3-4,10-11,16-18H2,1-2H3,(H,28,32). The van der Waals surface area contributed by atoms with Gasteiger partial charge in [0.1, 0.15) is 11.6 Å². The molecule has 2 aromatic carbocycles. The van der Waals surface area contributed by atoms with Gasteiger partial charge in [0, 0.05) is 13.1 Å². The summed E-state index contributed by atoms with van der Waals surface area (Å²) >= 11 is 0. The minimum absolute atomic E-state index is 0.0639. The SMILES string of the molecule is CCCNC(=O)N(Cc1c(CC)nn(-c2ccc(F)cc2)c1Oc1ccccc1)CC1CC1. The maximum Gasteiger partial charge on any atom is 0.317 e. The molecule has 0 spiro atoms. The van der Waals surface area contributed by atoms with Crippen molar-refractivity contribution in [2.75, 3.05) is 13.1 Å². The average molecular weight is 451 g/mol. The quantitative estimate of drug-likeness (QED) is 0.431. The number of aromatic nitrogens is 2. The highest BCUT2D eigenvalue weighted by Crippen LogP contribution is 2.34. The van der Waals surface area contributed by atoms with Crippen molar-refractivity contribution in [3.63, 3.8) is 0 Å². The van der Waals surface area contributed by atoms with Crippen LogP contribution in [0.3, 0.4) is 0 Å². The second kappa shape index (κ2) is 10.5. The van der Waals surface area contributed by atoms with Crippen LogP contribution in [0.2, 0.25) is 0 Å². The molecule has 174 valence electrons. The third kappa shape index (κ3) is 5.72. The van der Waals surface area contributed by atoms with Crippen LogP contribution in [0.25, 0.3) is 5.69 Å². The van der Waals surface area contributed by atoms with E-state index in [1.165, 1.54) is 12.1 Å². The summed E-state index contributed by atoms with van der Waals surface area (Å²) in [6.45, 7) is 5.83. The zero-order valence-corrected chi connectivity index (χ0v) is 19.3. The molecule has 0 unspecified atom stereocenters. The molecule has 0 atom stereocenters. The predicted molar refractivity (Wildman–Crippen MR) is 126 cm³/mol. The van der Waals surface area contributed by atoms with Crippen molar-refractivity contribution in [1.29, 1.82) is 0 Å².